The highest BCUT2D eigenvalue weighted by atomic mass is 28.4. The number of esters is 4. The summed E-state index contributed by atoms with van der Waals surface area (Å²) in [5.41, 5.74) is 0.254. The summed E-state index contributed by atoms with van der Waals surface area (Å²) < 4.78 is 34.2. The third-order valence-electron chi connectivity index (χ3n) is 4.11. The molecule has 0 aliphatic rings. The molecule has 0 rings (SSSR count). The predicted molar refractivity (Wildman–Crippen MR) is 153 cm³/mol. The number of hydrogen-bond acceptors (Lipinski definition) is 12. The van der Waals surface area contributed by atoms with Crippen molar-refractivity contribution in [1.29, 1.82) is 0 Å². The van der Waals surface area contributed by atoms with E-state index in [1.54, 1.807) is 13.8 Å². The van der Waals surface area contributed by atoms with E-state index in [0.717, 1.165) is 18.9 Å². The molecule has 0 aliphatic carbocycles. The zero-order chi connectivity index (χ0) is 32.3. The Morgan fingerprint density at radius 2 is 1.27 bits per heavy atom. The molecule has 0 fully saturated rings. The van der Waals surface area contributed by atoms with Crippen molar-refractivity contribution in [3.63, 3.8) is 0 Å². The van der Waals surface area contributed by atoms with Crippen LogP contribution in [0, 0.1) is 0 Å². The molecule has 2 atom stereocenters. The maximum absolute atomic E-state index is 11.4. The van der Waals surface area contributed by atoms with Gasteiger partial charge in [0.2, 0.25) is 0 Å². The van der Waals surface area contributed by atoms with E-state index in [0.29, 0.717) is 24.2 Å². The first-order valence-corrected chi connectivity index (χ1v) is 14.0. The molecule has 0 saturated carbocycles. The molecule has 40 heavy (non-hydrogen) atoms. The van der Waals surface area contributed by atoms with Crippen LogP contribution in [0.3, 0.4) is 0 Å². The van der Waals surface area contributed by atoms with Gasteiger partial charge in [-0.2, -0.15) is 0 Å². The van der Waals surface area contributed by atoms with E-state index in [1.807, 2.05) is 13.8 Å². The topological polar surface area (TPSA) is 153 Å². The molecular formula is C27H48O12Si. The minimum absolute atomic E-state index is 0.330. The molecule has 0 saturated heterocycles. The summed E-state index contributed by atoms with van der Waals surface area (Å²) in [6.07, 6.45) is 3.66. The molecule has 0 aromatic carbocycles. The van der Waals surface area contributed by atoms with Crippen LogP contribution in [0.4, 0.5) is 0 Å². The zero-order valence-corrected chi connectivity index (χ0v) is 26.4. The number of methoxy groups -OCH3 is 1. The first kappa shape index (κ1) is 43.9. The minimum Gasteiger partial charge on any atom is -0.466 e. The standard InChI is InChI=1S/C10H20O5Si.C7H12O2.C5H8O3.C5H8O2/c1-7-9(15-10(11)8(2)3)16(12-4,13-5)14-6;1-3-5-6-9-7(8)4-2;1-3-5(7)8-4(2)6;1-4(2)5(6)7-3/h9H,2,7H2,1,3-6H3;4H,2-3,5-6H2,1H3;3-4,6H,1H2,2H3;1H2,2-3H3. The lowest BCUT2D eigenvalue weighted by Gasteiger charge is -2.31. The van der Waals surface area contributed by atoms with Crippen LogP contribution >= 0.6 is 0 Å². The van der Waals surface area contributed by atoms with Gasteiger partial charge in [0.15, 0.2) is 12.0 Å². The van der Waals surface area contributed by atoms with Crippen LogP contribution in [0.2, 0.25) is 0 Å². The number of aliphatic hydroxyl groups is 1. The molecule has 13 heteroatoms. The van der Waals surface area contributed by atoms with Crippen LogP contribution in [0.25, 0.3) is 0 Å². The molecule has 0 aromatic rings. The average Bonchev–Trinajstić information content (AvgIpc) is 2.93. The maximum Gasteiger partial charge on any atom is 0.543 e. The molecule has 0 radical (unpaired) electrons. The fourth-order valence-corrected chi connectivity index (χ4v) is 4.09. The van der Waals surface area contributed by atoms with Crippen molar-refractivity contribution in [3.05, 3.63) is 49.6 Å². The van der Waals surface area contributed by atoms with Crippen LogP contribution in [-0.2, 0) is 51.4 Å². The fourth-order valence-electron chi connectivity index (χ4n) is 2.05. The van der Waals surface area contributed by atoms with Gasteiger partial charge in [-0.25, -0.2) is 19.2 Å². The number of carbonyl (C=O) groups is 4. The lowest BCUT2D eigenvalue weighted by Crippen LogP contribution is -2.56. The highest BCUT2D eigenvalue weighted by molar-refractivity contribution is 6.62. The monoisotopic (exact) mass is 592 g/mol. The second kappa shape index (κ2) is 27.5. The molecule has 0 aliphatic heterocycles. The number of ether oxygens (including phenoxy) is 4. The van der Waals surface area contributed by atoms with Crippen LogP contribution in [-0.4, -0.2) is 84.9 Å². The van der Waals surface area contributed by atoms with Gasteiger partial charge < -0.3 is 37.3 Å². The Labute approximate surface area is 239 Å². The predicted octanol–water partition coefficient (Wildman–Crippen LogP) is 3.61. The third kappa shape index (κ3) is 24.0. The van der Waals surface area contributed by atoms with Gasteiger partial charge in [0.05, 0.1) is 13.7 Å². The average molecular weight is 593 g/mol. The van der Waals surface area contributed by atoms with Gasteiger partial charge in [-0.15, -0.1) is 0 Å². The van der Waals surface area contributed by atoms with Crippen molar-refractivity contribution < 1.29 is 56.5 Å². The molecule has 0 heterocycles. The van der Waals surface area contributed by atoms with E-state index in [2.05, 4.69) is 40.5 Å². The number of carbonyl (C=O) groups excluding carboxylic acids is 4. The van der Waals surface area contributed by atoms with E-state index >= 15 is 0 Å². The van der Waals surface area contributed by atoms with Crippen LogP contribution in [0.15, 0.2) is 49.6 Å². The summed E-state index contributed by atoms with van der Waals surface area (Å²) in [5.74, 6) is -1.75. The van der Waals surface area contributed by atoms with Crippen molar-refractivity contribution in [1.82, 2.24) is 0 Å². The summed E-state index contributed by atoms with van der Waals surface area (Å²) in [5, 5.41) is 8.36. The van der Waals surface area contributed by atoms with Crippen molar-refractivity contribution in [3.8, 4) is 0 Å². The highest BCUT2D eigenvalue weighted by Crippen LogP contribution is 2.19. The zero-order valence-electron chi connectivity index (χ0n) is 25.4. The number of aliphatic hydroxyl groups excluding tert-OH is 1. The maximum atomic E-state index is 11.4. The summed E-state index contributed by atoms with van der Waals surface area (Å²) in [4.78, 5) is 42.1. The first-order chi connectivity index (χ1) is 18.6. The normalized spacial score (nSPS) is 11.1. The van der Waals surface area contributed by atoms with Crippen LogP contribution < -0.4 is 0 Å². The van der Waals surface area contributed by atoms with Gasteiger partial charge in [-0.1, -0.05) is 46.6 Å². The second-order valence-electron chi connectivity index (χ2n) is 7.54. The fraction of sp³-hybridized carbons (Fsp3) is 0.556. The number of unbranched alkanes of at least 4 members (excludes halogenated alkanes) is 1. The van der Waals surface area contributed by atoms with E-state index in [1.165, 1.54) is 41.4 Å². The van der Waals surface area contributed by atoms with Crippen molar-refractivity contribution >= 4 is 32.7 Å². The first-order valence-electron chi connectivity index (χ1n) is 12.2. The Morgan fingerprint density at radius 3 is 1.50 bits per heavy atom. The van der Waals surface area contributed by atoms with Gasteiger partial charge in [0.1, 0.15) is 0 Å². The van der Waals surface area contributed by atoms with Crippen molar-refractivity contribution in [2.45, 2.75) is 65.9 Å². The summed E-state index contributed by atoms with van der Waals surface area (Å²) >= 11 is 0. The van der Waals surface area contributed by atoms with E-state index in [-0.39, 0.29) is 11.9 Å². The molecule has 0 amide bonds. The lowest BCUT2D eigenvalue weighted by molar-refractivity contribution is -0.158. The van der Waals surface area contributed by atoms with Gasteiger partial charge in [0, 0.05) is 44.6 Å². The molecule has 0 aromatic heterocycles. The molecule has 232 valence electrons. The lowest BCUT2D eigenvalue weighted by atomic mass is 10.4. The molecule has 0 spiro atoms. The SMILES string of the molecule is C=C(C)C(=O)OC.C=C(C)C(=O)OC(CC)[Si](OC)(OC)OC.C=CC(=O)OC(C)O.C=CC(=O)OCCCC. The summed E-state index contributed by atoms with van der Waals surface area (Å²) in [6, 6.07) is 0. The number of hydrogen-bond donors (Lipinski definition) is 1. The van der Waals surface area contributed by atoms with Gasteiger partial charge in [0.25, 0.3) is 0 Å². The minimum atomic E-state index is -2.94. The molecule has 12 nitrogen and oxygen atoms in total. The Bertz CT molecular complexity index is 780. The summed E-state index contributed by atoms with van der Waals surface area (Å²) in [7, 11) is 2.84. The molecular weight excluding hydrogens is 544 g/mol. The van der Waals surface area contributed by atoms with Crippen molar-refractivity contribution in [2.75, 3.05) is 35.0 Å². The Hall–Kier alpha value is -3.10. The molecule has 0 bridgehead atoms. The third-order valence-corrected chi connectivity index (χ3v) is 7.13. The van der Waals surface area contributed by atoms with Gasteiger partial charge in [-0.05, 0) is 33.6 Å². The summed E-state index contributed by atoms with van der Waals surface area (Å²) in [6.45, 7) is 22.2. The largest absolute Gasteiger partial charge is 0.543 e. The van der Waals surface area contributed by atoms with Gasteiger partial charge in [-0.3, -0.25) is 0 Å². The Morgan fingerprint density at radius 1 is 0.825 bits per heavy atom. The van der Waals surface area contributed by atoms with Crippen LogP contribution in [0.5, 0.6) is 0 Å². The van der Waals surface area contributed by atoms with E-state index in [4.69, 9.17) is 23.1 Å². The quantitative estimate of drug-likeness (QED) is 0.0783. The van der Waals surface area contributed by atoms with E-state index < -0.39 is 32.8 Å². The van der Waals surface area contributed by atoms with Crippen LogP contribution in [0.1, 0.15) is 53.9 Å². The smallest absolute Gasteiger partial charge is 0.466 e. The molecule has 2 unspecified atom stereocenters. The van der Waals surface area contributed by atoms with E-state index in [9.17, 15) is 19.2 Å². The van der Waals surface area contributed by atoms with Crippen molar-refractivity contribution in [2.24, 2.45) is 0 Å². The molecule has 1 N–H and O–H groups in total. The Balaban J connectivity index is -0.000000231. The second-order valence-corrected chi connectivity index (χ2v) is 10.6. The Kier molecular flexibility index (Phi) is 30.2. The highest BCUT2D eigenvalue weighted by Gasteiger charge is 2.49. The number of rotatable bonds is 14. The van der Waals surface area contributed by atoms with Gasteiger partial charge >= 0.3 is 32.7 Å².